The number of nitrogens with zero attached hydrogens (tertiary/aromatic N) is 1. The van der Waals surface area contributed by atoms with Gasteiger partial charge >= 0.3 is 0 Å². The molecule has 0 amide bonds. The Morgan fingerprint density at radius 1 is 1.55 bits per heavy atom. The van der Waals surface area contributed by atoms with E-state index in [1.165, 1.54) is 6.42 Å². The fourth-order valence-electron chi connectivity index (χ4n) is 0.822. The first-order chi connectivity index (χ1) is 5.43. The zero-order valence-electron chi connectivity index (χ0n) is 6.79. The molecule has 0 saturated heterocycles. The molecule has 60 valence electrons. The first-order valence-corrected chi connectivity index (χ1v) is 3.97. The van der Waals surface area contributed by atoms with E-state index < -0.39 is 0 Å². The summed E-state index contributed by atoms with van der Waals surface area (Å²) in [6.07, 6.45) is 10.7. The van der Waals surface area contributed by atoms with E-state index in [2.05, 4.69) is 24.1 Å². The lowest BCUT2D eigenvalue weighted by atomic mass is 10.3. The number of oxazole rings is 1. The molecular formula is C9H13NO. The van der Waals surface area contributed by atoms with Crippen molar-refractivity contribution in [3.05, 3.63) is 30.5 Å². The fraction of sp³-hybridized carbons (Fsp3) is 0.444. The third-order valence-corrected chi connectivity index (χ3v) is 1.40. The fourth-order valence-corrected chi connectivity index (χ4v) is 0.822. The van der Waals surface area contributed by atoms with Crippen molar-refractivity contribution in [2.45, 2.75) is 26.2 Å². The largest absolute Gasteiger partial charge is 0.449 e. The van der Waals surface area contributed by atoms with Crippen molar-refractivity contribution in [3.63, 3.8) is 0 Å². The number of allylic oxidation sites excluding steroid dienone is 2. The molecule has 0 aliphatic heterocycles. The Balaban J connectivity index is 2.23. The van der Waals surface area contributed by atoms with Gasteiger partial charge in [0.25, 0.3) is 0 Å². The molecule has 0 aliphatic rings. The summed E-state index contributed by atoms with van der Waals surface area (Å²) in [6.45, 7) is 2.16. The van der Waals surface area contributed by atoms with Crippen LogP contribution in [0.25, 0.3) is 0 Å². The molecule has 11 heavy (non-hydrogen) atoms. The normalized spacial score (nSPS) is 11.0. The van der Waals surface area contributed by atoms with Gasteiger partial charge in [-0.3, -0.25) is 0 Å². The topological polar surface area (TPSA) is 26.0 Å². The van der Waals surface area contributed by atoms with E-state index in [0.29, 0.717) is 0 Å². The van der Waals surface area contributed by atoms with E-state index in [-0.39, 0.29) is 0 Å². The second kappa shape index (κ2) is 4.72. The summed E-state index contributed by atoms with van der Waals surface area (Å²) in [6, 6.07) is 0. The van der Waals surface area contributed by atoms with Crippen molar-refractivity contribution < 1.29 is 4.42 Å². The lowest BCUT2D eigenvalue weighted by Crippen LogP contribution is -1.77. The van der Waals surface area contributed by atoms with E-state index in [1.54, 1.807) is 12.5 Å². The van der Waals surface area contributed by atoms with Crippen LogP contribution >= 0.6 is 0 Å². The highest BCUT2D eigenvalue weighted by molar-refractivity contribution is 4.92. The van der Waals surface area contributed by atoms with Crippen LogP contribution in [0.3, 0.4) is 0 Å². The summed E-state index contributed by atoms with van der Waals surface area (Å²) >= 11 is 0. The minimum absolute atomic E-state index is 0.789. The van der Waals surface area contributed by atoms with Gasteiger partial charge in [-0.25, -0.2) is 4.98 Å². The minimum atomic E-state index is 0.789. The molecule has 0 spiro atoms. The third kappa shape index (κ3) is 3.03. The molecule has 0 fully saturated rings. The molecule has 1 rings (SSSR count). The van der Waals surface area contributed by atoms with Crippen LogP contribution in [0.5, 0.6) is 0 Å². The van der Waals surface area contributed by atoms with Crippen LogP contribution in [0.1, 0.15) is 25.7 Å². The average Bonchev–Trinajstić information content (AvgIpc) is 2.50. The van der Waals surface area contributed by atoms with Crippen LogP contribution in [0, 0.1) is 0 Å². The van der Waals surface area contributed by atoms with E-state index in [1.807, 2.05) is 0 Å². The summed E-state index contributed by atoms with van der Waals surface area (Å²) in [5, 5.41) is 0. The van der Waals surface area contributed by atoms with Crippen LogP contribution in [0.4, 0.5) is 0 Å². The molecule has 2 heteroatoms. The van der Waals surface area contributed by atoms with Crippen LogP contribution in [0.15, 0.2) is 29.0 Å². The Morgan fingerprint density at radius 2 is 2.45 bits per heavy atom. The van der Waals surface area contributed by atoms with Crippen LogP contribution in [-0.4, -0.2) is 4.98 Å². The molecule has 0 atom stereocenters. The maximum absolute atomic E-state index is 5.05. The van der Waals surface area contributed by atoms with Crippen molar-refractivity contribution in [1.82, 2.24) is 4.98 Å². The van der Waals surface area contributed by atoms with E-state index in [0.717, 1.165) is 18.7 Å². The Morgan fingerprint density at radius 3 is 3.09 bits per heavy atom. The third-order valence-electron chi connectivity index (χ3n) is 1.40. The number of hydrogen-bond donors (Lipinski definition) is 0. The van der Waals surface area contributed by atoms with Gasteiger partial charge in [-0.2, -0.15) is 0 Å². The highest BCUT2D eigenvalue weighted by Crippen LogP contribution is 1.97. The SMILES string of the molecule is CCCC=CCc1ncco1. The van der Waals surface area contributed by atoms with Crippen molar-refractivity contribution in [3.8, 4) is 0 Å². The second-order valence-corrected chi connectivity index (χ2v) is 2.39. The molecule has 0 aromatic carbocycles. The number of unbranched alkanes of at least 4 members (excludes halogenated alkanes) is 1. The van der Waals surface area contributed by atoms with Crippen molar-refractivity contribution in [1.29, 1.82) is 0 Å². The Hall–Kier alpha value is -1.05. The number of rotatable bonds is 4. The highest BCUT2D eigenvalue weighted by atomic mass is 16.3. The standard InChI is InChI=1S/C9H13NO/c1-2-3-4-5-6-9-10-7-8-11-9/h4-5,7-8H,2-3,6H2,1H3. The van der Waals surface area contributed by atoms with Crippen LogP contribution in [0.2, 0.25) is 0 Å². The minimum Gasteiger partial charge on any atom is -0.449 e. The zero-order valence-corrected chi connectivity index (χ0v) is 6.79. The molecule has 1 aromatic heterocycles. The molecule has 0 saturated carbocycles. The molecular weight excluding hydrogens is 138 g/mol. The monoisotopic (exact) mass is 151 g/mol. The Labute approximate surface area is 66.9 Å². The van der Waals surface area contributed by atoms with Crippen molar-refractivity contribution >= 4 is 0 Å². The van der Waals surface area contributed by atoms with Crippen molar-refractivity contribution in [2.75, 3.05) is 0 Å². The lowest BCUT2D eigenvalue weighted by molar-refractivity contribution is 0.509. The zero-order chi connectivity index (χ0) is 7.94. The van der Waals surface area contributed by atoms with Gasteiger partial charge < -0.3 is 4.42 Å². The lowest BCUT2D eigenvalue weighted by Gasteiger charge is -1.85. The summed E-state index contributed by atoms with van der Waals surface area (Å²) in [7, 11) is 0. The molecule has 0 aliphatic carbocycles. The van der Waals surface area contributed by atoms with E-state index in [4.69, 9.17) is 4.42 Å². The van der Waals surface area contributed by atoms with Crippen LogP contribution in [-0.2, 0) is 6.42 Å². The van der Waals surface area contributed by atoms with Gasteiger partial charge in [-0.05, 0) is 6.42 Å². The maximum Gasteiger partial charge on any atom is 0.197 e. The summed E-state index contributed by atoms with van der Waals surface area (Å²) in [4.78, 5) is 4.00. The van der Waals surface area contributed by atoms with Gasteiger partial charge in [0.15, 0.2) is 5.89 Å². The summed E-state index contributed by atoms with van der Waals surface area (Å²) < 4.78 is 5.05. The highest BCUT2D eigenvalue weighted by Gasteiger charge is 1.90. The first-order valence-electron chi connectivity index (χ1n) is 3.97. The predicted octanol–water partition coefficient (Wildman–Crippen LogP) is 2.57. The molecule has 0 radical (unpaired) electrons. The van der Waals surface area contributed by atoms with Gasteiger partial charge in [0.05, 0.1) is 6.20 Å². The quantitative estimate of drug-likeness (QED) is 0.618. The molecule has 0 N–H and O–H groups in total. The Bertz CT molecular complexity index is 201. The molecule has 1 heterocycles. The predicted molar refractivity (Wildman–Crippen MR) is 44.3 cm³/mol. The molecule has 2 nitrogen and oxygen atoms in total. The van der Waals surface area contributed by atoms with E-state index >= 15 is 0 Å². The van der Waals surface area contributed by atoms with Crippen molar-refractivity contribution in [2.24, 2.45) is 0 Å². The number of aromatic nitrogens is 1. The maximum atomic E-state index is 5.05. The molecule has 1 aromatic rings. The first kappa shape index (κ1) is 8.05. The van der Waals surface area contributed by atoms with Gasteiger partial charge in [0.1, 0.15) is 6.26 Å². The Kier molecular flexibility index (Phi) is 3.45. The second-order valence-electron chi connectivity index (χ2n) is 2.39. The van der Waals surface area contributed by atoms with Gasteiger partial charge in [-0.15, -0.1) is 0 Å². The number of hydrogen-bond acceptors (Lipinski definition) is 2. The van der Waals surface area contributed by atoms with Crippen LogP contribution < -0.4 is 0 Å². The van der Waals surface area contributed by atoms with Gasteiger partial charge in [0.2, 0.25) is 0 Å². The van der Waals surface area contributed by atoms with Gasteiger partial charge in [-0.1, -0.05) is 25.5 Å². The van der Waals surface area contributed by atoms with E-state index in [9.17, 15) is 0 Å². The average molecular weight is 151 g/mol. The summed E-state index contributed by atoms with van der Waals surface area (Å²) in [5.41, 5.74) is 0. The van der Waals surface area contributed by atoms with Gasteiger partial charge in [0, 0.05) is 6.42 Å². The molecule has 0 unspecified atom stereocenters. The smallest absolute Gasteiger partial charge is 0.197 e. The molecule has 0 bridgehead atoms. The summed E-state index contributed by atoms with van der Waals surface area (Å²) in [5.74, 6) is 0.789.